The lowest BCUT2D eigenvalue weighted by molar-refractivity contribution is 0.946. The number of aliphatic imine (C=N–C) groups is 1. The van der Waals surface area contributed by atoms with Gasteiger partial charge >= 0.3 is 0 Å². The highest BCUT2D eigenvalue weighted by Gasteiger charge is 2.10. The fourth-order valence-corrected chi connectivity index (χ4v) is 1.82. The second-order valence-electron chi connectivity index (χ2n) is 3.89. The average molecular weight is 231 g/mol. The van der Waals surface area contributed by atoms with Gasteiger partial charge < -0.3 is 10.3 Å². The van der Waals surface area contributed by atoms with Gasteiger partial charge in [-0.3, -0.25) is 4.99 Å². The summed E-state index contributed by atoms with van der Waals surface area (Å²) < 4.78 is 1.97. The molecule has 0 aliphatic heterocycles. The Morgan fingerprint density at radius 2 is 2.24 bits per heavy atom. The maximum Gasteiger partial charge on any atom is 0.144 e. The molecule has 0 spiro atoms. The van der Waals surface area contributed by atoms with Crippen LogP contribution in [0.5, 0.6) is 0 Å². The SMILES string of the molecule is CCN=C(N)c1cc2c(ncn2C)c(CC)n1. The Bertz CT molecular complexity index is 568. The van der Waals surface area contributed by atoms with Crippen molar-refractivity contribution in [1.29, 1.82) is 0 Å². The number of rotatable bonds is 3. The predicted octanol–water partition coefficient (Wildman–Crippen LogP) is 1.26. The van der Waals surface area contributed by atoms with Gasteiger partial charge in [-0.05, 0) is 19.4 Å². The van der Waals surface area contributed by atoms with Gasteiger partial charge in [-0.25, -0.2) is 9.97 Å². The molecule has 2 rings (SSSR count). The number of fused-ring (bicyclic) bond motifs is 1. The van der Waals surface area contributed by atoms with Crippen LogP contribution in [-0.4, -0.2) is 26.9 Å². The monoisotopic (exact) mass is 231 g/mol. The Kier molecular flexibility index (Phi) is 3.08. The van der Waals surface area contributed by atoms with Gasteiger partial charge in [-0.2, -0.15) is 0 Å². The highest BCUT2D eigenvalue weighted by Crippen LogP contribution is 2.17. The minimum absolute atomic E-state index is 0.491. The first-order chi connectivity index (χ1) is 8.17. The van der Waals surface area contributed by atoms with Crippen molar-refractivity contribution >= 4 is 16.9 Å². The number of pyridine rings is 1. The lowest BCUT2D eigenvalue weighted by Gasteiger charge is -2.05. The molecule has 5 heteroatoms. The number of aryl methyl sites for hydroxylation is 2. The van der Waals surface area contributed by atoms with E-state index in [0.29, 0.717) is 12.4 Å². The molecule has 0 amide bonds. The molecule has 0 unspecified atom stereocenters. The van der Waals surface area contributed by atoms with Crippen LogP contribution in [0.1, 0.15) is 25.2 Å². The summed E-state index contributed by atoms with van der Waals surface area (Å²) in [5, 5.41) is 0. The van der Waals surface area contributed by atoms with Crippen LogP contribution in [0.15, 0.2) is 17.4 Å². The van der Waals surface area contributed by atoms with Crippen LogP contribution in [0, 0.1) is 0 Å². The van der Waals surface area contributed by atoms with Gasteiger partial charge in [0, 0.05) is 13.6 Å². The number of imidazole rings is 1. The van der Waals surface area contributed by atoms with E-state index in [2.05, 4.69) is 21.9 Å². The summed E-state index contributed by atoms with van der Waals surface area (Å²) >= 11 is 0. The molecular formula is C12H17N5. The summed E-state index contributed by atoms with van der Waals surface area (Å²) in [6, 6.07) is 1.94. The minimum atomic E-state index is 0.491. The minimum Gasteiger partial charge on any atom is -0.382 e. The summed E-state index contributed by atoms with van der Waals surface area (Å²) in [6.45, 7) is 4.68. The molecule has 0 saturated carbocycles. The van der Waals surface area contributed by atoms with Crippen LogP contribution in [0.4, 0.5) is 0 Å². The smallest absolute Gasteiger partial charge is 0.144 e. The van der Waals surface area contributed by atoms with Crippen molar-refractivity contribution < 1.29 is 0 Å². The van der Waals surface area contributed by atoms with Crippen LogP contribution >= 0.6 is 0 Å². The fourth-order valence-electron chi connectivity index (χ4n) is 1.82. The molecule has 0 aliphatic rings. The molecule has 2 N–H and O–H groups in total. The van der Waals surface area contributed by atoms with Crippen molar-refractivity contribution in [1.82, 2.24) is 14.5 Å². The summed E-state index contributed by atoms with van der Waals surface area (Å²) in [6.07, 6.45) is 2.63. The maximum atomic E-state index is 5.90. The topological polar surface area (TPSA) is 69.1 Å². The van der Waals surface area contributed by atoms with Gasteiger partial charge in [-0.15, -0.1) is 0 Å². The van der Waals surface area contributed by atoms with Crippen molar-refractivity contribution in [3.05, 3.63) is 23.8 Å². The summed E-state index contributed by atoms with van der Waals surface area (Å²) in [7, 11) is 1.96. The molecule has 0 aromatic carbocycles. The molecule has 5 nitrogen and oxygen atoms in total. The molecular weight excluding hydrogens is 214 g/mol. The molecule has 0 aliphatic carbocycles. The molecule has 0 fully saturated rings. The first-order valence-corrected chi connectivity index (χ1v) is 5.78. The Morgan fingerprint density at radius 1 is 1.47 bits per heavy atom. The number of amidine groups is 1. The molecule has 0 saturated heterocycles. The number of aromatic nitrogens is 3. The van der Waals surface area contributed by atoms with Gasteiger partial charge in [0.2, 0.25) is 0 Å². The van der Waals surface area contributed by atoms with Gasteiger partial charge in [-0.1, -0.05) is 6.92 Å². The quantitative estimate of drug-likeness (QED) is 0.638. The molecule has 2 heterocycles. The van der Waals surface area contributed by atoms with Crippen molar-refractivity contribution in [2.24, 2.45) is 17.8 Å². The van der Waals surface area contributed by atoms with E-state index < -0.39 is 0 Å². The van der Waals surface area contributed by atoms with E-state index in [-0.39, 0.29) is 0 Å². The van der Waals surface area contributed by atoms with E-state index in [1.807, 2.05) is 24.6 Å². The molecule has 90 valence electrons. The van der Waals surface area contributed by atoms with Gasteiger partial charge in [0.25, 0.3) is 0 Å². The van der Waals surface area contributed by atoms with Crippen molar-refractivity contribution in [2.45, 2.75) is 20.3 Å². The lowest BCUT2D eigenvalue weighted by atomic mass is 10.2. The molecule has 17 heavy (non-hydrogen) atoms. The fraction of sp³-hybridized carbons (Fsp3) is 0.417. The Balaban J connectivity index is 2.66. The van der Waals surface area contributed by atoms with E-state index in [9.17, 15) is 0 Å². The van der Waals surface area contributed by atoms with Crippen LogP contribution in [0.25, 0.3) is 11.0 Å². The maximum absolute atomic E-state index is 5.90. The van der Waals surface area contributed by atoms with E-state index in [1.165, 1.54) is 0 Å². The standard InChI is InChI=1S/C12H17N5/c1-4-8-11-10(17(3)7-15-11)6-9(16-8)12(13)14-5-2/h6-7H,4-5H2,1-3H3,(H2,13,14). The highest BCUT2D eigenvalue weighted by atomic mass is 15.0. The van der Waals surface area contributed by atoms with Crippen LogP contribution < -0.4 is 5.73 Å². The third-order valence-electron chi connectivity index (χ3n) is 2.71. The van der Waals surface area contributed by atoms with Gasteiger partial charge in [0.05, 0.1) is 17.5 Å². The summed E-state index contributed by atoms with van der Waals surface area (Å²) in [4.78, 5) is 13.1. The number of hydrogen-bond donors (Lipinski definition) is 1. The third-order valence-corrected chi connectivity index (χ3v) is 2.71. The zero-order valence-electron chi connectivity index (χ0n) is 10.4. The molecule has 0 radical (unpaired) electrons. The Hall–Kier alpha value is -1.91. The van der Waals surface area contributed by atoms with Crippen LogP contribution in [0.2, 0.25) is 0 Å². The zero-order chi connectivity index (χ0) is 12.4. The van der Waals surface area contributed by atoms with Gasteiger partial charge in [0.15, 0.2) is 0 Å². The first kappa shape index (κ1) is 11.6. The first-order valence-electron chi connectivity index (χ1n) is 5.78. The molecule has 2 aromatic heterocycles. The highest BCUT2D eigenvalue weighted by molar-refractivity contribution is 5.98. The summed E-state index contributed by atoms with van der Waals surface area (Å²) in [5.41, 5.74) is 9.59. The van der Waals surface area contributed by atoms with E-state index >= 15 is 0 Å². The van der Waals surface area contributed by atoms with E-state index in [1.54, 1.807) is 6.33 Å². The van der Waals surface area contributed by atoms with Crippen LogP contribution in [0.3, 0.4) is 0 Å². The number of nitrogens with zero attached hydrogens (tertiary/aromatic N) is 4. The third kappa shape index (κ3) is 2.00. The number of nitrogens with two attached hydrogens (primary N) is 1. The normalized spacial score (nSPS) is 12.3. The summed E-state index contributed by atoms with van der Waals surface area (Å²) in [5.74, 6) is 0.491. The van der Waals surface area contributed by atoms with Crippen molar-refractivity contribution in [2.75, 3.05) is 6.54 Å². The second kappa shape index (κ2) is 4.53. The Morgan fingerprint density at radius 3 is 2.88 bits per heavy atom. The molecule has 0 bridgehead atoms. The molecule has 0 atom stereocenters. The number of hydrogen-bond acceptors (Lipinski definition) is 3. The predicted molar refractivity (Wildman–Crippen MR) is 69.2 cm³/mol. The Labute approximate surface area is 100 Å². The largest absolute Gasteiger partial charge is 0.382 e. The zero-order valence-corrected chi connectivity index (χ0v) is 10.4. The van der Waals surface area contributed by atoms with Crippen LogP contribution in [-0.2, 0) is 13.5 Å². The molecule has 2 aromatic rings. The van der Waals surface area contributed by atoms with E-state index in [4.69, 9.17) is 5.73 Å². The second-order valence-corrected chi connectivity index (χ2v) is 3.89. The van der Waals surface area contributed by atoms with Crippen molar-refractivity contribution in [3.8, 4) is 0 Å². The van der Waals surface area contributed by atoms with Crippen molar-refractivity contribution in [3.63, 3.8) is 0 Å². The lowest BCUT2D eigenvalue weighted by Crippen LogP contribution is -2.16. The van der Waals surface area contributed by atoms with Gasteiger partial charge in [0.1, 0.15) is 17.0 Å². The van der Waals surface area contributed by atoms with E-state index in [0.717, 1.165) is 28.8 Å². The average Bonchev–Trinajstić information content (AvgIpc) is 2.70.